The van der Waals surface area contributed by atoms with Crippen LogP contribution >= 0.6 is 0 Å². The summed E-state index contributed by atoms with van der Waals surface area (Å²) in [6.45, 7) is 6.70. The summed E-state index contributed by atoms with van der Waals surface area (Å²) >= 11 is 0. The molecule has 164 valence electrons. The van der Waals surface area contributed by atoms with Crippen LogP contribution in [0.2, 0.25) is 0 Å². The van der Waals surface area contributed by atoms with Gasteiger partial charge in [-0.15, -0.1) is 0 Å². The number of hydrogen-bond donors (Lipinski definition) is 0. The molecule has 0 nitrogen and oxygen atoms in total. The second-order valence-electron chi connectivity index (χ2n) is 9.51. The molecule has 5 aromatic rings. The van der Waals surface area contributed by atoms with Crippen molar-refractivity contribution in [3.05, 3.63) is 154 Å². The second kappa shape index (κ2) is 7.85. The molecule has 1 aliphatic carbocycles. The zero-order valence-electron chi connectivity index (χ0n) is 20.0. The lowest BCUT2D eigenvalue weighted by Gasteiger charge is -2.34. The van der Waals surface area contributed by atoms with Crippen molar-refractivity contribution in [3.63, 3.8) is 0 Å². The fraction of sp³-hybridized carbons (Fsp3) is 0.118. The summed E-state index contributed by atoms with van der Waals surface area (Å²) < 4.78 is 0. The quantitative estimate of drug-likeness (QED) is 0.260. The number of hydrogen-bond acceptors (Lipinski definition) is 0. The summed E-state index contributed by atoms with van der Waals surface area (Å²) in [7, 11) is 0. The minimum Gasteiger partial charge on any atom is -0.0622 e. The van der Waals surface area contributed by atoms with Gasteiger partial charge in [0.1, 0.15) is 0 Å². The topological polar surface area (TPSA) is 0 Å². The first kappa shape index (κ1) is 20.7. The van der Waals surface area contributed by atoms with Gasteiger partial charge < -0.3 is 0 Å². The number of aryl methyl sites for hydroxylation is 2. The van der Waals surface area contributed by atoms with Crippen LogP contribution in [0.5, 0.6) is 0 Å². The molecule has 1 aliphatic rings. The van der Waals surface area contributed by atoms with Crippen molar-refractivity contribution in [3.8, 4) is 22.3 Å². The Balaban J connectivity index is 1.76. The second-order valence-corrected chi connectivity index (χ2v) is 9.51. The third-order valence-corrected chi connectivity index (χ3v) is 7.56. The SMILES string of the molecule is Cc1cccc(C2(c3ccccc3)c3ccccc3-c3c2ccc(-c2ccccc2C)c3C)c1. The van der Waals surface area contributed by atoms with Crippen molar-refractivity contribution in [2.75, 3.05) is 0 Å². The smallest absolute Gasteiger partial charge is 0.0622 e. The van der Waals surface area contributed by atoms with Crippen LogP contribution < -0.4 is 0 Å². The Hall–Kier alpha value is -3.90. The van der Waals surface area contributed by atoms with Crippen LogP contribution in [0.3, 0.4) is 0 Å². The van der Waals surface area contributed by atoms with Gasteiger partial charge in [-0.05, 0) is 76.4 Å². The van der Waals surface area contributed by atoms with Crippen LogP contribution in [0.4, 0.5) is 0 Å². The number of fused-ring (bicyclic) bond motifs is 3. The van der Waals surface area contributed by atoms with E-state index < -0.39 is 0 Å². The molecule has 0 N–H and O–H groups in total. The van der Waals surface area contributed by atoms with Crippen molar-refractivity contribution < 1.29 is 0 Å². The molecule has 0 heteroatoms. The molecular weight excluding hydrogens is 408 g/mol. The highest BCUT2D eigenvalue weighted by molar-refractivity contribution is 5.92. The fourth-order valence-corrected chi connectivity index (χ4v) is 6.07. The van der Waals surface area contributed by atoms with Crippen molar-refractivity contribution >= 4 is 0 Å². The molecule has 0 amide bonds. The van der Waals surface area contributed by atoms with Gasteiger partial charge in [-0.1, -0.05) is 121 Å². The predicted octanol–water partition coefficient (Wildman–Crippen LogP) is 8.64. The maximum Gasteiger partial charge on any atom is 0.0713 e. The summed E-state index contributed by atoms with van der Waals surface area (Å²) in [5.41, 5.74) is 14.3. The van der Waals surface area contributed by atoms with Crippen LogP contribution in [0.25, 0.3) is 22.3 Å². The summed E-state index contributed by atoms with van der Waals surface area (Å²) in [4.78, 5) is 0. The third kappa shape index (κ3) is 2.85. The van der Waals surface area contributed by atoms with Crippen molar-refractivity contribution in [1.29, 1.82) is 0 Å². The summed E-state index contributed by atoms with van der Waals surface area (Å²) in [6.07, 6.45) is 0. The lowest BCUT2D eigenvalue weighted by molar-refractivity contribution is 0.767. The van der Waals surface area contributed by atoms with Gasteiger partial charge in [-0.3, -0.25) is 0 Å². The molecule has 0 aliphatic heterocycles. The van der Waals surface area contributed by atoms with Crippen molar-refractivity contribution in [2.45, 2.75) is 26.2 Å². The number of benzene rings is 5. The molecule has 1 atom stereocenters. The standard InChI is InChI=1S/C34H28/c1-23-12-11-16-27(22-23)34(26-14-5-4-6-15-26)31-19-10-9-18-30(31)33-25(3)29(20-21-32(33)34)28-17-8-7-13-24(28)2/h4-22H,1-3H3. The van der Waals surface area contributed by atoms with E-state index in [1.165, 1.54) is 61.2 Å². The molecule has 0 saturated heterocycles. The van der Waals surface area contributed by atoms with E-state index in [2.05, 4.69) is 136 Å². The first-order valence-corrected chi connectivity index (χ1v) is 12.0. The summed E-state index contributed by atoms with van der Waals surface area (Å²) in [5.74, 6) is 0. The van der Waals surface area contributed by atoms with Crippen LogP contribution in [0.15, 0.2) is 115 Å². The normalized spacial score (nSPS) is 16.2. The lowest BCUT2D eigenvalue weighted by atomic mass is 9.67. The Kier molecular flexibility index (Phi) is 4.78. The highest BCUT2D eigenvalue weighted by Crippen LogP contribution is 2.57. The van der Waals surface area contributed by atoms with Gasteiger partial charge in [-0.25, -0.2) is 0 Å². The minimum absolute atomic E-state index is 0.339. The minimum atomic E-state index is -0.339. The largest absolute Gasteiger partial charge is 0.0713 e. The van der Waals surface area contributed by atoms with E-state index in [1.807, 2.05) is 0 Å². The first-order chi connectivity index (χ1) is 16.6. The van der Waals surface area contributed by atoms with E-state index in [-0.39, 0.29) is 5.41 Å². The van der Waals surface area contributed by atoms with Gasteiger partial charge >= 0.3 is 0 Å². The maximum atomic E-state index is 2.39. The highest BCUT2D eigenvalue weighted by Gasteiger charge is 2.46. The third-order valence-electron chi connectivity index (χ3n) is 7.56. The molecule has 0 fully saturated rings. The molecule has 0 aromatic heterocycles. The molecule has 0 spiro atoms. The average molecular weight is 437 g/mol. The van der Waals surface area contributed by atoms with E-state index in [0.717, 1.165) is 0 Å². The van der Waals surface area contributed by atoms with Gasteiger partial charge in [0.2, 0.25) is 0 Å². The van der Waals surface area contributed by atoms with E-state index in [1.54, 1.807) is 0 Å². The summed E-state index contributed by atoms with van der Waals surface area (Å²) in [6, 6.07) is 42.5. The first-order valence-electron chi connectivity index (χ1n) is 12.0. The average Bonchev–Trinajstić information content (AvgIpc) is 3.17. The predicted molar refractivity (Wildman–Crippen MR) is 143 cm³/mol. The Morgan fingerprint density at radius 1 is 0.471 bits per heavy atom. The van der Waals surface area contributed by atoms with Gasteiger partial charge in [0, 0.05) is 0 Å². The molecule has 34 heavy (non-hydrogen) atoms. The van der Waals surface area contributed by atoms with Gasteiger partial charge in [-0.2, -0.15) is 0 Å². The van der Waals surface area contributed by atoms with Crippen LogP contribution in [0.1, 0.15) is 38.9 Å². The molecular formula is C34H28. The van der Waals surface area contributed by atoms with Crippen LogP contribution in [-0.2, 0) is 5.41 Å². The van der Waals surface area contributed by atoms with E-state index in [4.69, 9.17) is 0 Å². The molecule has 5 aromatic carbocycles. The van der Waals surface area contributed by atoms with Gasteiger partial charge in [0.05, 0.1) is 5.41 Å². The van der Waals surface area contributed by atoms with Crippen molar-refractivity contribution in [1.82, 2.24) is 0 Å². The molecule has 0 heterocycles. The van der Waals surface area contributed by atoms with Crippen LogP contribution in [0, 0.1) is 20.8 Å². The Bertz CT molecular complexity index is 1520. The van der Waals surface area contributed by atoms with Gasteiger partial charge in [0.25, 0.3) is 0 Å². The maximum absolute atomic E-state index is 2.39. The molecule has 0 radical (unpaired) electrons. The molecule has 6 rings (SSSR count). The lowest BCUT2D eigenvalue weighted by Crippen LogP contribution is -2.28. The zero-order chi connectivity index (χ0) is 23.3. The Morgan fingerprint density at radius 2 is 1.15 bits per heavy atom. The number of rotatable bonds is 3. The zero-order valence-corrected chi connectivity index (χ0v) is 20.0. The fourth-order valence-electron chi connectivity index (χ4n) is 6.07. The van der Waals surface area contributed by atoms with Crippen LogP contribution in [-0.4, -0.2) is 0 Å². The molecule has 1 unspecified atom stereocenters. The van der Waals surface area contributed by atoms with Crippen molar-refractivity contribution in [2.24, 2.45) is 0 Å². The molecule has 0 bridgehead atoms. The van der Waals surface area contributed by atoms with Gasteiger partial charge in [0.15, 0.2) is 0 Å². The summed E-state index contributed by atoms with van der Waals surface area (Å²) in [5, 5.41) is 0. The van der Waals surface area contributed by atoms with E-state index in [9.17, 15) is 0 Å². The van der Waals surface area contributed by atoms with E-state index in [0.29, 0.717) is 0 Å². The van der Waals surface area contributed by atoms with E-state index >= 15 is 0 Å². The highest BCUT2D eigenvalue weighted by atomic mass is 14.5. The molecule has 0 saturated carbocycles. The Labute approximate surface area is 202 Å². The Morgan fingerprint density at radius 3 is 1.91 bits per heavy atom. The monoisotopic (exact) mass is 436 g/mol.